The molecule has 3 aromatic rings. The molecule has 4 heterocycles. The van der Waals surface area contributed by atoms with Crippen molar-refractivity contribution < 1.29 is 91.7 Å². The molecule has 24 fully saturated rings. The van der Waals surface area contributed by atoms with Gasteiger partial charge in [-0.05, 0) is 440 Å². The number of esters is 2. The molecule has 126 heavy (non-hydrogen) atoms. The first-order valence-corrected chi connectivity index (χ1v) is 48.6. The fraction of sp³-hybridized carbons (Fsp3) is 0.802. The number of hydrogen-bond acceptors (Lipinski definition) is 18. The number of ketones is 1. The number of fused-ring (bicyclic) bond motifs is 8. The summed E-state index contributed by atoms with van der Waals surface area (Å²) in [6.45, 7) is 16.5. The molecule has 24 saturated carbocycles. The number of hydrogen-bond donors (Lipinski definition) is 4. The molecule has 1 amide bonds. The molecule has 16 spiro atoms. The molecule has 0 radical (unpaired) electrons. The molecular weight excluding hydrogens is 1700 g/mol. The van der Waals surface area contributed by atoms with Gasteiger partial charge in [-0.1, -0.05) is 39.1 Å². The highest BCUT2D eigenvalue weighted by molar-refractivity contribution is 9.09. The molecular formula is C101H138BrCl2N7O15. The van der Waals surface area contributed by atoms with E-state index in [0.29, 0.717) is 78.5 Å². The second-order valence-corrected chi connectivity index (χ2v) is 46.6. The molecule has 24 aliphatic carbocycles. The van der Waals surface area contributed by atoms with Crippen molar-refractivity contribution in [2.45, 2.75) is 323 Å². The number of nitrogens with zero attached hydrogens (tertiary/aromatic N) is 6. The van der Waals surface area contributed by atoms with Crippen molar-refractivity contribution in [2.75, 3.05) is 44.8 Å². The number of aromatic amines is 1. The van der Waals surface area contributed by atoms with Crippen LogP contribution in [0.15, 0.2) is 48.9 Å². The third kappa shape index (κ3) is 15.4. The van der Waals surface area contributed by atoms with Crippen LogP contribution >= 0.6 is 39.1 Å². The van der Waals surface area contributed by atoms with Gasteiger partial charge in [0.1, 0.15) is 27.1 Å². The molecule has 28 rings (SSSR count). The minimum absolute atomic E-state index is 0.0116. The lowest BCUT2D eigenvalue weighted by atomic mass is 10.2. The van der Waals surface area contributed by atoms with E-state index in [4.69, 9.17) is 86.3 Å². The fourth-order valence-corrected chi connectivity index (χ4v) is 28.4. The number of aromatic nitrogens is 5. The Balaban J connectivity index is 0.0000001000. The monoisotopic (exact) mass is 1850 g/mol. The number of nitriles is 1. The van der Waals surface area contributed by atoms with Gasteiger partial charge in [0.25, 0.3) is 0 Å². The Morgan fingerprint density at radius 1 is 0.548 bits per heavy atom. The average molecular weight is 1860 g/mol. The molecule has 3 aromatic heterocycles. The number of halogens is 3. The minimum atomic E-state index is -1.98. The van der Waals surface area contributed by atoms with E-state index in [1.165, 1.54) is 190 Å². The maximum atomic E-state index is 11.9. The van der Waals surface area contributed by atoms with Crippen molar-refractivity contribution in [3.05, 3.63) is 64.8 Å². The van der Waals surface area contributed by atoms with Crippen molar-refractivity contribution >= 4 is 75.0 Å². The van der Waals surface area contributed by atoms with Crippen LogP contribution in [-0.4, -0.2) is 143 Å². The lowest BCUT2D eigenvalue weighted by molar-refractivity contribution is -0.145. The molecule has 0 unspecified atom stereocenters. The van der Waals surface area contributed by atoms with E-state index < -0.39 is 84.6 Å². The maximum absolute atomic E-state index is 11.9. The Morgan fingerprint density at radius 2 is 0.952 bits per heavy atom. The van der Waals surface area contributed by atoms with E-state index in [1.54, 1.807) is 80.6 Å². The summed E-state index contributed by atoms with van der Waals surface area (Å²) >= 11 is 14.5. The quantitative estimate of drug-likeness (QED) is 0.0398. The maximum Gasteiger partial charge on any atom is 0.435 e. The predicted octanol–water partition coefficient (Wildman–Crippen LogP) is 21.4. The van der Waals surface area contributed by atoms with Crippen molar-refractivity contribution in [1.82, 2.24) is 29.9 Å². The fourth-order valence-electron chi connectivity index (χ4n) is 27.1. The average Bonchev–Trinajstić information content (AvgIpc) is 1.43. The molecule has 25 heteroatoms. The van der Waals surface area contributed by atoms with Crippen molar-refractivity contribution in [2.24, 2.45) is 134 Å². The van der Waals surface area contributed by atoms with Gasteiger partial charge in [0.05, 0.1) is 52.9 Å². The van der Waals surface area contributed by atoms with E-state index in [2.05, 4.69) is 36.2 Å². The molecule has 25 aliphatic rings. The molecule has 0 saturated heterocycles. The zero-order valence-corrected chi connectivity index (χ0v) is 78.1. The minimum Gasteiger partial charge on any atom is -0.481 e. The number of carboxylic acids is 1. The van der Waals surface area contributed by atoms with Gasteiger partial charge >= 0.3 is 30.1 Å². The number of ether oxygens (including phenoxy) is 6. The second-order valence-electron chi connectivity index (χ2n) is 45.4. The number of aliphatic hydroxyl groups is 2. The van der Waals surface area contributed by atoms with Gasteiger partial charge in [0, 0.05) is 72.2 Å². The number of amides is 1. The second kappa shape index (κ2) is 30.4. The van der Waals surface area contributed by atoms with Crippen LogP contribution in [0.25, 0.3) is 0 Å². The smallest absolute Gasteiger partial charge is 0.435 e. The SMILES string of the molecule is CC(C)(C)OC(=O)N1C=CC(=O)C1.CC(C)(C)OC(=O)c1ccc(Cl)nc1Cl.CCOC(=O)C1C2(CC2)C12CC2.[2H]C([2H])(Br)C1C2(CC2)C12CC2.[2H]C([2H])(C#N)C1C2(CC2)C12CC2.[2H]C([2H])(C(=O)O)C1C2(CC2)C12CC2.[2H]C([2H])(CO)C1C2(CC2)C12CC2.[2H]C([2H])(COc1ccn(C(=O)OC(C)(C)C)n1)C1C2(CC2)C12CC2.[2H]C([2H])(COc1ccn[nH]1)C1C2(CC2)C12CC2.[2H]C([2H])(O)C1C2(CC2)C12CC2. The molecule has 0 aromatic carbocycles. The highest BCUT2D eigenvalue weighted by Gasteiger charge is 2.92. The Bertz CT molecular complexity index is 5320. The summed E-state index contributed by atoms with van der Waals surface area (Å²) in [5.74, 6) is 0.174. The van der Waals surface area contributed by atoms with Gasteiger partial charge in [-0.15, -0.1) is 5.10 Å². The van der Waals surface area contributed by atoms with Crippen LogP contribution in [0.1, 0.15) is 336 Å². The normalized spacial score (nSPS) is 33.0. The van der Waals surface area contributed by atoms with Crippen LogP contribution < -0.4 is 9.47 Å². The lowest BCUT2D eigenvalue weighted by Crippen LogP contribution is -2.33. The van der Waals surface area contributed by atoms with E-state index in [-0.39, 0.29) is 128 Å². The lowest BCUT2D eigenvalue weighted by Gasteiger charge is -2.22. The van der Waals surface area contributed by atoms with Crippen molar-refractivity contribution in [1.29, 1.82) is 5.26 Å². The molecule has 0 bridgehead atoms. The number of alkyl halides is 1. The number of aliphatic hydroxyl groups excluding tert-OH is 1. The van der Waals surface area contributed by atoms with Crippen molar-refractivity contribution in [3.63, 3.8) is 0 Å². The van der Waals surface area contributed by atoms with E-state index >= 15 is 0 Å². The summed E-state index contributed by atoms with van der Waals surface area (Å²) in [7, 11) is 0. The molecule has 1 aliphatic heterocycles. The number of carbonyl (C=O) groups is 6. The number of H-pyrrole nitrogens is 1. The van der Waals surface area contributed by atoms with Gasteiger partial charge in [0.2, 0.25) is 11.8 Å². The van der Waals surface area contributed by atoms with E-state index in [1.807, 2.05) is 13.0 Å². The standard InChI is InChI=1S/C17H24N2O3.C12H16N2O.C10H11Cl2NO2.C10H14O2.C9H13NO3.C9H11N.C9H12O2.C9H14O.C8H11Br.C8H12O/c1-15(2,3)22-14(20)19-10-4-13(18-19)21-11-5-12-16(6-7-16)17(12)8-9-17;1-7-13-14-10(1)15-8-2-9-11(3-4-11)12(9)5-6-12;1-10(2,3)15-9(14)6-4-5-7(11)13-8(6)12;1-2-12-8(11)7-9(3-4-9)10(7)5-6-10;1-9(2,3)13-8(12)10-5-4-7(11)6-10;10-6-1-7-8(2-3-8)9(7)4-5-9;10-7(11)5-6-8(1-2-8)9(6)3-4-9;10-6-1-7-8(2-3-8)9(7)4-5-9;2*9-5-6-7(1-2-7)8(6)3-4-8/h4,10,12H,5-9,11H2,1-3H3;1,7,9H,2-6,8H2,(H,13,14);4-5H,1-3H3;7H,2-6H2,1H3;4-5H,6H2,1-3H3;7H,1-5H2;6H,1-5H2,(H,10,11);7,10H,1-6H2;6H,1-5H2;6,9H,1-5H2/i5D2;2D2;;;;1D2;5D2;1D2;2*5D2. The largest absolute Gasteiger partial charge is 0.481 e. The molecule has 688 valence electrons. The van der Waals surface area contributed by atoms with Crippen LogP contribution in [-0.2, 0) is 33.3 Å². The van der Waals surface area contributed by atoms with Gasteiger partial charge in [-0.3, -0.25) is 19.3 Å². The Hall–Kier alpha value is -5.80. The van der Waals surface area contributed by atoms with Gasteiger partial charge in [-0.25, -0.2) is 24.5 Å². The number of carboxylic acid groups (broad SMARTS) is 1. The topological polar surface area (TPSA) is 305 Å². The Labute approximate surface area is 782 Å². The Kier molecular flexibility index (Phi) is 17.8. The number of carbonyl (C=O) groups excluding carboxylic acids is 5. The summed E-state index contributed by atoms with van der Waals surface area (Å²) < 4.78 is 141. The Morgan fingerprint density at radius 3 is 1.29 bits per heavy atom. The summed E-state index contributed by atoms with van der Waals surface area (Å²) in [6.07, 6.45) is 35.9. The summed E-state index contributed by atoms with van der Waals surface area (Å²) in [4.78, 5) is 72.9. The predicted molar refractivity (Wildman–Crippen MR) is 475 cm³/mol. The number of rotatable bonds is 18. The van der Waals surface area contributed by atoms with Crippen LogP contribution in [0, 0.1) is 145 Å². The molecule has 22 nitrogen and oxygen atoms in total. The third-order valence-electron chi connectivity index (χ3n) is 35.7. The van der Waals surface area contributed by atoms with Crippen LogP contribution in [0.3, 0.4) is 0 Å². The highest BCUT2D eigenvalue weighted by atomic mass is 79.9. The van der Waals surface area contributed by atoms with Crippen LogP contribution in [0.4, 0.5) is 9.59 Å². The van der Waals surface area contributed by atoms with Crippen LogP contribution in [0.5, 0.6) is 11.8 Å². The summed E-state index contributed by atoms with van der Waals surface area (Å²) in [5, 5.41) is 45.4. The molecule has 0 atom stereocenters. The van der Waals surface area contributed by atoms with Gasteiger partial charge < -0.3 is 43.7 Å². The van der Waals surface area contributed by atoms with Gasteiger partial charge in [-0.2, -0.15) is 15.0 Å². The number of nitrogens with one attached hydrogen (secondary N) is 1. The third-order valence-corrected chi connectivity index (χ3v) is 36.7. The first-order chi connectivity index (χ1) is 64.9. The van der Waals surface area contributed by atoms with Crippen LogP contribution in [0.2, 0.25) is 10.3 Å². The van der Waals surface area contributed by atoms with E-state index in [9.17, 15) is 33.9 Å². The number of pyridine rings is 1. The number of aliphatic carboxylic acids is 1. The highest BCUT2D eigenvalue weighted by Crippen LogP contribution is 2.98. The zero-order valence-electron chi connectivity index (χ0n) is 89.0. The molecule has 4 N–H and O–H groups in total. The van der Waals surface area contributed by atoms with E-state index in [0.717, 1.165) is 56.0 Å². The van der Waals surface area contributed by atoms with Crippen molar-refractivity contribution in [3.8, 4) is 17.8 Å². The summed E-state index contributed by atoms with van der Waals surface area (Å²) in [5.41, 5.74) is 4.01. The first kappa shape index (κ1) is 73.7. The first-order valence-electron chi connectivity index (χ1n) is 54.0. The summed E-state index contributed by atoms with van der Waals surface area (Å²) in [6, 6.07) is 8.10. The van der Waals surface area contributed by atoms with Gasteiger partial charge in [0.15, 0.2) is 5.78 Å². The zero-order chi connectivity index (χ0) is 102.